The van der Waals surface area contributed by atoms with Crippen molar-refractivity contribution in [3.8, 4) is 11.5 Å². The monoisotopic (exact) mass is 437 g/mol. The molecule has 0 saturated carbocycles. The number of hydrogen-bond acceptors (Lipinski definition) is 5. The fraction of sp³-hybridized carbons (Fsp3) is 0.440. The summed E-state index contributed by atoms with van der Waals surface area (Å²) in [6, 6.07) is 11.7. The molecule has 0 bridgehead atoms. The lowest BCUT2D eigenvalue weighted by molar-refractivity contribution is -0.114. The van der Waals surface area contributed by atoms with Crippen LogP contribution in [0, 0.1) is 0 Å². The van der Waals surface area contributed by atoms with Gasteiger partial charge in [-0.15, -0.1) is 0 Å². The molecule has 2 aliphatic heterocycles. The number of carbonyl (C=O) groups is 2. The van der Waals surface area contributed by atoms with Crippen LogP contribution < -0.4 is 14.8 Å². The number of nitrogens with one attached hydrogen (secondary N) is 1. The Labute approximate surface area is 189 Å². The van der Waals surface area contributed by atoms with E-state index >= 15 is 0 Å². The molecule has 7 heteroatoms. The standard InChI is InChI=1S/C25H31N3O4/c1-17(29)26-21-7-4-6-19(12-21)25(30)28-10-5-8-22(16-28)27-11-9-18-13-23(31-2)24(32-3)14-20(18)15-27/h4,6-7,12-14,22H,5,8-11,15-16H2,1-3H3,(H,26,29). The maximum absolute atomic E-state index is 13.2. The molecule has 1 N–H and O–H groups in total. The molecule has 2 heterocycles. The van der Waals surface area contributed by atoms with E-state index in [2.05, 4.69) is 22.3 Å². The van der Waals surface area contributed by atoms with Gasteiger partial charge in [-0.1, -0.05) is 6.07 Å². The van der Waals surface area contributed by atoms with Crippen molar-refractivity contribution in [3.05, 3.63) is 53.1 Å². The highest BCUT2D eigenvalue weighted by atomic mass is 16.5. The lowest BCUT2D eigenvalue weighted by atomic mass is 9.95. The molecule has 1 fully saturated rings. The summed E-state index contributed by atoms with van der Waals surface area (Å²) in [5.74, 6) is 1.40. The van der Waals surface area contributed by atoms with E-state index in [0.29, 0.717) is 23.8 Å². The molecule has 4 rings (SSSR count). The first-order valence-electron chi connectivity index (χ1n) is 11.1. The molecule has 2 amide bonds. The molecule has 32 heavy (non-hydrogen) atoms. The lowest BCUT2D eigenvalue weighted by Gasteiger charge is -2.41. The van der Waals surface area contributed by atoms with Gasteiger partial charge in [-0.3, -0.25) is 14.5 Å². The van der Waals surface area contributed by atoms with Crippen LogP contribution in [0.3, 0.4) is 0 Å². The van der Waals surface area contributed by atoms with Crippen LogP contribution in [0.4, 0.5) is 5.69 Å². The predicted molar refractivity (Wildman–Crippen MR) is 123 cm³/mol. The van der Waals surface area contributed by atoms with Gasteiger partial charge in [-0.25, -0.2) is 0 Å². The van der Waals surface area contributed by atoms with E-state index in [0.717, 1.165) is 50.4 Å². The number of carbonyl (C=O) groups excluding carboxylic acids is 2. The van der Waals surface area contributed by atoms with Gasteiger partial charge in [0.05, 0.1) is 14.2 Å². The molecule has 0 aromatic heterocycles. The van der Waals surface area contributed by atoms with Crippen LogP contribution >= 0.6 is 0 Å². The van der Waals surface area contributed by atoms with Crippen molar-refractivity contribution in [3.63, 3.8) is 0 Å². The third-order valence-electron chi connectivity index (χ3n) is 6.38. The van der Waals surface area contributed by atoms with Gasteiger partial charge in [0.25, 0.3) is 5.91 Å². The maximum Gasteiger partial charge on any atom is 0.253 e. The zero-order chi connectivity index (χ0) is 22.7. The van der Waals surface area contributed by atoms with Crippen molar-refractivity contribution < 1.29 is 19.1 Å². The van der Waals surface area contributed by atoms with Gasteiger partial charge in [-0.05, 0) is 60.7 Å². The van der Waals surface area contributed by atoms with Gasteiger partial charge in [0, 0.05) is 50.4 Å². The van der Waals surface area contributed by atoms with Crippen molar-refractivity contribution in [1.82, 2.24) is 9.80 Å². The Morgan fingerprint density at radius 2 is 1.78 bits per heavy atom. The number of piperidine rings is 1. The van der Waals surface area contributed by atoms with Crippen LogP contribution in [0.15, 0.2) is 36.4 Å². The minimum atomic E-state index is -0.146. The summed E-state index contributed by atoms with van der Waals surface area (Å²) in [5, 5.41) is 2.75. The number of benzene rings is 2. The first-order valence-corrected chi connectivity index (χ1v) is 11.1. The Morgan fingerprint density at radius 1 is 1.03 bits per heavy atom. The first-order chi connectivity index (χ1) is 15.5. The maximum atomic E-state index is 13.2. The molecule has 1 unspecified atom stereocenters. The SMILES string of the molecule is COc1cc2c(cc1OC)CN(C1CCCN(C(=O)c3cccc(NC(C)=O)c3)C1)CC2. The average molecular weight is 438 g/mol. The number of likely N-dealkylation sites (tertiary alicyclic amines) is 1. The molecule has 170 valence electrons. The summed E-state index contributed by atoms with van der Waals surface area (Å²) >= 11 is 0. The summed E-state index contributed by atoms with van der Waals surface area (Å²) < 4.78 is 10.9. The Balaban J connectivity index is 1.45. The second-order valence-electron chi connectivity index (χ2n) is 8.51. The van der Waals surface area contributed by atoms with Crippen molar-refractivity contribution in [1.29, 1.82) is 0 Å². The van der Waals surface area contributed by atoms with Crippen LogP contribution in [0.2, 0.25) is 0 Å². The molecular weight excluding hydrogens is 406 g/mol. The number of hydrogen-bond donors (Lipinski definition) is 1. The second kappa shape index (κ2) is 9.61. The van der Waals surface area contributed by atoms with E-state index in [1.54, 1.807) is 26.4 Å². The molecule has 0 spiro atoms. The quantitative estimate of drug-likeness (QED) is 0.777. The lowest BCUT2D eigenvalue weighted by Crippen LogP contribution is -2.51. The molecule has 1 atom stereocenters. The number of anilines is 1. The summed E-state index contributed by atoms with van der Waals surface area (Å²) in [6.07, 6.45) is 3.02. The second-order valence-corrected chi connectivity index (χ2v) is 8.51. The van der Waals surface area contributed by atoms with E-state index in [4.69, 9.17) is 9.47 Å². The van der Waals surface area contributed by atoms with Crippen molar-refractivity contribution in [2.45, 2.75) is 38.8 Å². The van der Waals surface area contributed by atoms with E-state index in [-0.39, 0.29) is 11.8 Å². The van der Waals surface area contributed by atoms with Gasteiger partial charge >= 0.3 is 0 Å². The molecular formula is C25H31N3O4. The summed E-state index contributed by atoms with van der Waals surface area (Å²) in [5.41, 5.74) is 3.82. The topological polar surface area (TPSA) is 71.1 Å². The van der Waals surface area contributed by atoms with Gasteiger partial charge < -0.3 is 19.7 Å². The highest BCUT2D eigenvalue weighted by molar-refractivity contribution is 5.96. The smallest absolute Gasteiger partial charge is 0.253 e. The van der Waals surface area contributed by atoms with Gasteiger partial charge in [0.2, 0.25) is 5.91 Å². The Hall–Kier alpha value is -3.06. The molecule has 0 aliphatic carbocycles. The third-order valence-corrected chi connectivity index (χ3v) is 6.38. The van der Waals surface area contributed by atoms with E-state index in [1.807, 2.05) is 17.0 Å². The van der Waals surface area contributed by atoms with Crippen LogP contribution in [0.25, 0.3) is 0 Å². The first kappa shape index (κ1) is 22.1. The normalized spacial score (nSPS) is 18.6. The van der Waals surface area contributed by atoms with Crippen LogP contribution in [-0.4, -0.2) is 61.5 Å². The minimum absolute atomic E-state index is 0.0192. The fourth-order valence-corrected chi connectivity index (χ4v) is 4.77. The number of ether oxygens (including phenoxy) is 2. The van der Waals surface area contributed by atoms with Crippen molar-refractivity contribution >= 4 is 17.5 Å². The summed E-state index contributed by atoms with van der Waals surface area (Å²) in [6.45, 7) is 4.75. The number of fused-ring (bicyclic) bond motifs is 1. The van der Waals surface area contributed by atoms with Gasteiger partial charge in [-0.2, -0.15) is 0 Å². The van der Waals surface area contributed by atoms with Crippen LogP contribution in [0.1, 0.15) is 41.3 Å². The average Bonchev–Trinajstić information content (AvgIpc) is 2.82. The molecule has 2 aliphatic rings. The number of rotatable bonds is 5. The predicted octanol–water partition coefficient (Wildman–Crippen LogP) is 3.33. The van der Waals surface area contributed by atoms with Crippen LogP contribution in [-0.2, 0) is 17.8 Å². The van der Waals surface area contributed by atoms with Gasteiger partial charge in [0.1, 0.15) is 0 Å². The molecule has 0 radical (unpaired) electrons. The van der Waals surface area contributed by atoms with Crippen LogP contribution in [0.5, 0.6) is 11.5 Å². The highest BCUT2D eigenvalue weighted by Gasteiger charge is 2.31. The Morgan fingerprint density at radius 3 is 2.50 bits per heavy atom. The zero-order valence-electron chi connectivity index (χ0n) is 19.0. The number of methoxy groups -OCH3 is 2. The van der Waals surface area contributed by atoms with E-state index < -0.39 is 0 Å². The molecule has 2 aromatic carbocycles. The molecule has 1 saturated heterocycles. The van der Waals surface area contributed by atoms with E-state index in [1.165, 1.54) is 18.1 Å². The summed E-state index contributed by atoms with van der Waals surface area (Å²) in [4.78, 5) is 29.0. The van der Waals surface area contributed by atoms with Gasteiger partial charge in [0.15, 0.2) is 11.5 Å². The highest BCUT2D eigenvalue weighted by Crippen LogP contribution is 2.34. The minimum Gasteiger partial charge on any atom is -0.493 e. The Bertz CT molecular complexity index is 1010. The van der Waals surface area contributed by atoms with Crippen molar-refractivity contribution in [2.75, 3.05) is 39.2 Å². The van der Waals surface area contributed by atoms with E-state index in [9.17, 15) is 9.59 Å². The number of amides is 2. The fourth-order valence-electron chi connectivity index (χ4n) is 4.77. The van der Waals surface area contributed by atoms with Crippen molar-refractivity contribution in [2.24, 2.45) is 0 Å². The summed E-state index contributed by atoms with van der Waals surface area (Å²) in [7, 11) is 3.33. The number of nitrogens with zero attached hydrogens (tertiary/aromatic N) is 2. The zero-order valence-corrected chi connectivity index (χ0v) is 19.0. The molecule has 7 nitrogen and oxygen atoms in total. The molecule has 2 aromatic rings. The largest absolute Gasteiger partial charge is 0.493 e. The Kier molecular flexibility index (Phi) is 6.65. The third kappa shape index (κ3) is 4.72.